The van der Waals surface area contributed by atoms with E-state index in [2.05, 4.69) is 5.32 Å². The van der Waals surface area contributed by atoms with E-state index in [1.54, 1.807) is 35.7 Å². The van der Waals surface area contributed by atoms with Gasteiger partial charge in [0.2, 0.25) is 11.8 Å². The van der Waals surface area contributed by atoms with Crippen molar-refractivity contribution in [2.75, 3.05) is 5.75 Å². The molecule has 0 aliphatic rings. The molecule has 4 nitrogen and oxygen atoms in total. The van der Waals surface area contributed by atoms with Crippen molar-refractivity contribution in [3.63, 3.8) is 0 Å². The van der Waals surface area contributed by atoms with Crippen LogP contribution in [0.3, 0.4) is 0 Å². The van der Waals surface area contributed by atoms with Gasteiger partial charge in [0.1, 0.15) is 11.9 Å². The first kappa shape index (κ1) is 22.9. The normalized spacial score (nSPS) is 12.3. The van der Waals surface area contributed by atoms with Crippen LogP contribution in [0.5, 0.6) is 0 Å². The van der Waals surface area contributed by atoms with Crippen LogP contribution in [0.25, 0.3) is 0 Å². The van der Waals surface area contributed by atoms with Crippen LogP contribution in [0.4, 0.5) is 4.39 Å². The fourth-order valence-corrected chi connectivity index (χ4v) is 3.62. The third-order valence-corrected chi connectivity index (χ3v) is 5.27. The molecular weight excluding hydrogens is 387 g/mol. The first-order valence-corrected chi connectivity index (χ1v) is 10.7. The summed E-state index contributed by atoms with van der Waals surface area (Å²) in [6, 6.07) is 15.3. The van der Waals surface area contributed by atoms with Gasteiger partial charge in [-0.05, 0) is 57.5 Å². The summed E-state index contributed by atoms with van der Waals surface area (Å²) in [5, 5.41) is 2.93. The molecule has 0 saturated heterocycles. The van der Waals surface area contributed by atoms with Gasteiger partial charge in [0, 0.05) is 29.2 Å². The number of nitrogens with one attached hydrogen (secondary N) is 1. The number of halogens is 1. The van der Waals surface area contributed by atoms with Gasteiger partial charge in [-0.2, -0.15) is 0 Å². The summed E-state index contributed by atoms with van der Waals surface area (Å²) in [4.78, 5) is 28.3. The van der Waals surface area contributed by atoms with E-state index < -0.39 is 6.04 Å². The highest BCUT2D eigenvalue weighted by Crippen LogP contribution is 2.19. The van der Waals surface area contributed by atoms with Crippen LogP contribution in [-0.2, 0) is 16.1 Å². The first-order chi connectivity index (χ1) is 13.7. The van der Waals surface area contributed by atoms with Crippen LogP contribution < -0.4 is 5.32 Å². The van der Waals surface area contributed by atoms with E-state index in [1.807, 2.05) is 51.1 Å². The lowest BCUT2D eigenvalue weighted by Gasteiger charge is -2.31. The second kappa shape index (κ2) is 10.4. The van der Waals surface area contributed by atoms with Gasteiger partial charge in [-0.15, -0.1) is 11.8 Å². The molecule has 1 unspecified atom stereocenters. The van der Waals surface area contributed by atoms with Crippen molar-refractivity contribution in [3.8, 4) is 0 Å². The lowest BCUT2D eigenvalue weighted by molar-refractivity contribution is -0.140. The molecule has 0 fully saturated rings. The van der Waals surface area contributed by atoms with Gasteiger partial charge in [-0.25, -0.2) is 4.39 Å². The maximum absolute atomic E-state index is 13.2. The average molecular weight is 417 g/mol. The topological polar surface area (TPSA) is 49.4 Å². The highest BCUT2D eigenvalue weighted by atomic mass is 32.2. The smallest absolute Gasteiger partial charge is 0.242 e. The Morgan fingerprint density at radius 2 is 1.69 bits per heavy atom. The summed E-state index contributed by atoms with van der Waals surface area (Å²) < 4.78 is 13.2. The number of rotatable bonds is 8. The van der Waals surface area contributed by atoms with Gasteiger partial charge < -0.3 is 10.2 Å². The van der Waals surface area contributed by atoms with Crippen LogP contribution in [-0.4, -0.2) is 34.0 Å². The van der Waals surface area contributed by atoms with Gasteiger partial charge in [-0.3, -0.25) is 9.59 Å². The molecule has 0 heterocycles. The number of amides is 2. The van der Waals surface area contributed by atoms with Crippen LogP contribution >= 0.6 is 11.8 Å². The van der Waals surface area contributed by atoms with Gasteiger partial charge in [0.25, 0.3) is 0 Å². The maximum Gasteiger partial charge on any atom is 0.242 e. The third kappa shape index (κ3) is 7.89. The Balaban J connectivity index is 2.08. The van der Waals surface area contributed by atoms with E-state index in [4.69, 9.17) is 0 Å². The molecule has 2 rings (SSSR count). The molecule has 29 heavy (non-hydrogen) atoms. The molecular formula is C23H29FN2O2S. The lowest BCUT2D eigenvalue weighted by atomic mass is 10.1. The minimum absolute atomic E-state index is 0.102. The Labute approximate surface area is 176 Å². The number of thioether (sulfide) groups is 1. The van der Waals surface area contributed by atoms with Crippen LogP contribution in [0.2, 0.25) is 0 Å². The predicted molar refractivity (Wildman–Crippen MR) is 116 cm³/mol. The highest BCUT2D eigenvalue weighted by Gasteiger charge is 2.28. The summed E-state index contributed by atoms with van der Waals surface area (Å²) in [6.07, 6.45) is 0.313. The van der Waals surface area contributed by atoms with E-state index in [0.29, 0.717) is 12.2 Å². The standard InChI is InChI=1S/C23H29FN2O2S/c1-17(22(28)25-23(2,3)4)26(16-18-10-12-19(24)13-11-18)21(27)14-15-29-20-8-6-5-7-9-20/h5-13,17H,14-16H2,1-4H3,(H,25,28). The Hall–Kier alpha value is -2.34. The van der Waals surface area contributed by atoms with E-state index in [-0.39, 0.29) is 29.7 Å². The summed E-state index contributed by atoms with van der Waals surface area (Å²) in [5.41, 5.74) is 0.393. The largest absolute Gasteiger partial charge is 0.350 e. The zero-order valence-corrected chi connectivity index (χ0v) is 18.3. The van der Waals surface area contributed by atoms with E-state index in [0.717, 1.165) is 10.5 Å². The molecule has 0 bridgehead atoms. The molecule has 2 amide bonds. The fraction of sp³-hybridized carbons (Fsp3) is 0.391. The van der Waals surface area contributed by atoms with Crippen LogP contribution in [0.15, 0.2) is 59.5 Å². The number of hydrogen-bond acceptors (Lipinski definition) is 3. The zero-order chi connectivity index (χ0) is 21.4. The Morgan fingerprint density at radius 1 is 1.07 bits per heavy atom. The molecule has 1 N–H and O–H groups in total. The zero-order valence-electron chi connectivity index (χ0n) is 17.4. The maximum atomic E-state index is 13.2. The molecule has 6 heteroatoms. The lowest BCUT2D eigenvalue weighted by Crippen LogP contribution is -2.52. The molecule has 1 atom stereocenters. The number of hydrogen-bond donors (Lipinski definition) is 1. The fourth-order valence-electron chi connectivity index (χ4n) is 2.76. The number of carbonyl (C=O) groups is 2. The van der Waals surface area contributed by atoms with Crippen molar-refractivity contribution in [2.24, 2.45) is 0 Å². The van der Waals surface area contributed by atoms with E-state index >= 15 is 0 Å². The molecule has 0 saturated carbocycles. The van der Waals surface area contributed by atoms with Gasteiger partial charge in [0.05, 0.1) is 0 Å². The van der Waals surface area contributed by atoms with Crippen LogP contribution in [0.1, 0.15) is 39.7 Å². The first-order valence-electron chi connectivity index (χ1n) is 9.69. The highest BCUT2D eigenvalue weighted by molar-refractivity contribution is 7.99. The summed E-state index contributed by atoms with van der Waals surface area (Å²) in [6.45, 7) is 7.70. The molecule has 2 aromatic rings. The van der Waals surface area contributed by atoms with Crippen LogP contribution in [0, 0.1) is 5.82 Å². The van der Waals surface area contributed by atoms with Crippen molar-refractivity contribution in [1.82, 2.24) is 10.2 Å². The second-order valence-corrected chi connectivity index (χ2v) is 9.14. The second-order valence-electron chi connectivity index (χ2n) is 7.97. The molecule has 0 aliphatic carbocycles. The molecule has 2 aromatic carbocycles. The summed E-state index contributed by atoms with van der Waals surface area (Å²) in [7, 11) is 0. The molecule has 0 radical (unpaired) electrons. The monoisotopic (exact) mass is 416 g/mol. The third-order valence-electron chi connectivity index (χ3n) is 4.26. The summed E-state index contributed by atoms with van der Waals surface area (Å²) >= 11 is 1.61. The van der Waals surface area contributed by atoms with Crippen molar-refractivity contribution in [1.29, 1.82) is 0 Å². The minimum atomic E-state index is -0.631. The molecule has 0 spiro atoms. The van der Waals surface area contributed by atoms with Crippen molar-refractivity contribution in [3.05, 3.63) is 66.0 Å². The summed E-state index contributed by atoms with van der Waals surface area (Å²) in [5.74, 6) is -0.0153. The van der Waals surface area contributed by atoms with Crippen molar-refractivity contribution < 1.29 is 14.0 Å². The Morgan fingerprint density at radius 3 is 2.28 bits per heavy atom. The van der Waals surface area contributed by atoms with Crippen molar-refractivity contribution >= 4 is 23.6 Å². The van der Waals surface area contributed by atoms with Gasteiger partial charge >= 0.3 is 0 Å². The SMILES string of the molecule is CC(C(=O)NC(C)(C)C)N(Cc1ccc(F)cc1)C(=O)CCSc1ccccc1. The molecule has 0 aromatic heterocycles. The molecule has 156 valence electrons. The minimum Gasteiger partial charge on any atom is -0.350 e. The average Bonchev–Trinajstić information content (AvgIpc) is 2.66. The van der Waals surface area contributed by atoms with Crippen molar-refractivity contribution in [2.45, 2.75) is 57.1 Å². The number of carbonyl (C=O) groups excluding carboxylic acids is 2. The Bertz CT molecular complexity index is 804. The van der Waals surface area contributed by atoms with Gasteiger partial charge in [-0.1, -0.05) is 30.3 Å². The quantitative estimate of drug-likeness (QED) is 0.638. The number of benzene rings is 2. The Kier molecular flexibility index (Phi) is 8.26. The predicted octanol–water partition coefficient (Wildman–Crippen LogP) is 4.64. The van der Waals surface area contributed by atoms with E-state index in [9.17, 15) is 14.0 Å². The molecule has 0 aliphatic heterocycles. The van der Waals surface area contributed by atoms with Gasteiger partial charge in [0.15, 0.2) is 0 Å². The number of nitrogens with zero attached hydrogens (tertiary/aromatic N) is 1. The van der Waals surface area contributed by atoms with E-state index in [1.165, 1.54) is 12.1 Å².